The molecule has 1 aliphatic rings. The number of ether oxygens (including phenoxy) is 3. The summed E-state index contributed by atoms with van der Waals surface area (Å²) in [5.74, 6) is 0.977. The summed E-state index contributed by atoms with van der Waals surface area (Å²) in [6, 6.07) is 9.35. The zero-order valence-corrected chi connectivity index (χ0v) is 18.7. The lowest BCUT2D eigenvalue weighted by molar-refractivity contribution is 0.188. The van der Waals surface area contributed by atoms with Crippen molar-refractivity contribution in [2.24, 2.45) is 0 Å². The van der Waals surface area contributed by atoms with Gasteiger partial charge in [-0.1, -0.05) is 23.7 Å². The van der Waals surface area contributed by atoms with Crippen LogP contribution in [-0.2, 0) is 24.2 Å². The molecule has 3 aromatic rings. The van der Waals surface area contributed by atoms with Crippen LogP contribution in [0.4, 0.5) is 10.5 Å². The molecule has 0 unspecified atom stereocenters. The maximum absolute atomic E-state index is 13.1. The number of nitrogens with one attached hydrogen (secondary N) is 1. The van der Waals surface area contributed by atoms with Crippen molar-refractivity contribution in [3.8, 4) is 11.5 Å². The zero-order valence-electron chi connectivity index (χ0n) is 17.9. The number of amides is 2. The minimum absolute atomic E-state index is 0.200. The summed E-state index contributed by atoms with van der Waals surface area (Å²) in [6.45, 7) is 2.60. The highest BCUT2D eigenvalue weighted by Gasteiger charge is 2.23. The highest BCUT2D eigenvalue weighted by atomic mass is 35.5. The lowest BCUT2D eigenvalue weighted by atomic mass is 10.1. The first-order valence-corrected chi connectivity index (χ1v) is 10.5. The van der Waals surface area contributed by atoms with Crippen LogP contribution < -0.4 is 14.8 Å². The van der Waals surface area contributed by atoms with E-state index in [1.54, 1.807) is 26.4 Å². The molecule has 0 aliphatic carbocycles. The number of hydrogen-bond acceptors (Lipinski definition) is 4. The minimum atomic E-state index is -0.200. The van der Waals surface area contributed by atoms with E-state index in [4.69, 9.17) is 25.8 Å². The number of rotatable bonds is 6. The molecule has 0 saturated heterocycles. The topological polar surface area (TPSA) is 65.0 Å². The van der Waals surface area contributed by atoms with E-state index >= 15 is 0 Å². The molecule has 164 valence electrons. The van der Waals surface area contributed by atoms with E-state index in [1.807, 2.05) is 11.0 Å². The molecule has 7 nitrogen and oxygen atoms in total. The van der Waals surface area contributed by atoms with Crippen LogP contribution in [0.2, 0.25) is 5.02 Å². The molecule has 0 saturated carbocycles. The first-order valence-electron chi connectivity index (χ1n) is 10.1. The Bertz CT molecular complexity index is 1110. The molecule has 0 fully saturated rings. The smallest absolute Gasteiger partial charge is 0.322 e. The van der Waals surface area contributed by atoms with Crippen LogP contribution in [0.25, 0.3) is 10.9 Å². The Hall–Kier alpha value is -2.90. The first-order chi connectivity index (χ1) is 15.0. The quantitative estimate of drug-likeness (QED) is 0.607. The van der Waals surface area contributed by atoms with Gasteiger partial charge in [0.25, 0.3) is 0 Å². The van der Waals surface area contributed by atoms with E-state index in [1.165, 1.54) is 23.6 Å². The first kappa shape index (κ1) is 21.3. The van der Waals surface area contributed by atoms with Gasteiger partial charge in [0.15, 0.2) is 0 Å². The van der Waals surface area contributed by atoms with E-state index in [0.717, 1.165) is 18.5 Å². The largest absolute Gasteiger partial charge is 0.495 e. The van der Waals surface area contributed by atoms with Crippen LogP contribution in [0.15, 0.2) is 36.5 Å². The fraction of sp³-hybridized carbons (Fsp3) is 0.348. The Morgan fingerprint density at radius 2 is 1.94 bits per heavy atom. The molecule has 1 N–H and O–H groups in total. The lowest BCUT2D eigenvalue weighted by Crippen LogP contribution is -2.35. The molecule has 2 amide bonds. The maximum Gasteiger partial charge on any atom is 0.322 e. The Morgan fingerprint density at radius 1 is 1.13 bits per heavy atom. The average molecular weight is 444 g/mol. The Kier molecular flexibility index (Phi) is 6.25. The van der Waals surface area contributed by atoms with Crippen molar-refractivity contribution in [2.45, 2.75) is 19.5 Å². The van der Waals surface area contributed by atoms with Gasteiger partial charge in [0.2, 0.25) is 0 Å². The van der Waals surface area contributed by atoms with Crippen molar-refractivity contribution in [3.05, 3.63) is 52.7 Å². The molecule has 0 radical (unpaired) electrons. The number of methoxy groups -OCH3 is 3. The monoisotopic (exact) mass is 443 g/mol. The second-order valence-corrected chi connectivity index (χ2v) is 7.85. The molecule has 4 rings (SSSR count). The van der Waals surface area contributed by atoms with Crippen molar-refractivity contribution >= 4 is 34.2 Å². The summed E-state index contributed by atoms with van der Waals surface area (Å²) in [6.07, 6.45) is 2.96. The molecule has 0 atom stereocenters. The third kappa shape index (κ3) is 4.16. The van der Waals surface area contributed by atoms with E-state index in [2.05, 4.69) is 28.2 Å². The number of aromatic nitrogens is 1. The number of nitrogens with zero attached hydrogens (tertiary/aromatic N) is 2. The second kappa shape index (κ2) is 9.08. The lowest BCUT2D eigenvalue weighted by Gasteiger charge is -2.23. The van der Waals surface area contributed by atoms with Crippen molar-refractivity contribution in [1.29, 1.82) is 0 Å². The van der Waals surface area contributed by atoms with Crippen LogP contribution in [0.3, 0.4) is 0 Å². The fourth-order valence-corrected chi connectivity index (χ4v) is 4.32. The summed E-state index contributed by atoms with van der Waals surface area (Å²) in [4.78, 5) is 14.9. The number of hydrogen-bond donors (Lipinski definition) is 1. The number of urea groups is 1. The zero-order chi connectivity index (χ0) is 22.0. The van der Waals surface area contributed by atoms with E-state index in [-0.39, 0.29) is 6.03 Å². The van der Waals surface area contributed by atoms with Gasteiger partial charge in [-0.2, -0.15) is 0 Å². The van der Waals surface area contributed by atoms with Gasteiger partial charge in [0.05, 0.1) is 31.5 Å². The van der Waals surface area contributed by atoms with Crippen molar-refractivity contribution in [3.63, 3.8) is 0 Å². The number of anilines is 1. The fourth-order valence-electron chi connectivity index (χ4n) is 4.08. The molecule has 1 aliphatic heterocycles. The molecular formula is C23H26ClN3O4. The summed E-state index contributed by atoms with van der Waals surface area (Å²) in [5, 5.41) is 4.58. The van der Waals surface area contributed by atoms with Gasteiger partial charge < -0.3 is 29.0 Å². The van der Waals surface area contributed by atoms with E-state index in [0.29, 0.717) is 41.9 Å². The number of carbonyl (C=O) groups is 1. The molecule has 2 heterocycles. The normalized spacial score (nSPS) is 13.2. The Morgan fingerprint density at radius 3 is 2.68 bits per heavy atom. The van der Waals surface area contributed by atoms with Gasteiger partial charge >= 0.3 is 6.03 Å². The predicted molar refractivity (Wildman–Crippen MR) is 122 cm³/mol. The average Bonchev–Trinajstić information content (AvgIpc) is 3.02. The molecule has 31 heavy (non-hydrogen) atoms. The van der Waals surface area contributed by atoms with Gasteiger partial charge in [0, 0.05) is 49.9 Å². The molecule has 2 aromatic carbocycles. The van der Waals surface area contributed by atoms with Gasteiger partial charge in [-0.25, -0.2) is 4.79 Å². The van der Waals surface area contributed by atoms with Crippen molar-refractivity contribution in [2.75, 3.05) is 39.8 Å². The highest BCUT2D eigenvalue weighted by molar-refractivity contribution is 6.32. The minimum Gasteiger partial charge on any atom is -0.495 e. The molecule has 0 bridgehead atoms. The Balaban J connectivity index is 1.58. The summed E-state index contributed by atoms with van der Waals surface area (Å²) >= 11 is 6.25. The van der Waals surface area contributed by atoms with Crippen LogP contribution in [0.1, 0.15) is 11.1 Å². The molecule has 1 aromatic heterocycles. The van der Waals surface area contributed by atoms with Crippen molar-refractivity contribution in [1.82, 2.24) is 9.47 Å². The SMILES string of the molecule is COCCn1cc2c3c(cccc31)CN(C(=O)Nc1cc(Cl)c(OC)cc1OC)CC2. The van der Waals surface area contributed by atoms with E-state index < -0.39 is 0 Å². The predicted octanol–water partition coefficient (Wildman–Crippen LogP) is 4.55. The van der Waals surface area contributed by atoms with Gasteiger partial charge in [-0.05, 0) is 29.7 Å². The summed E-state index contributed by atoms with van der Waals surface area (Å²) < 4.78 is 18.1. The highest BCUT2D eigenvalue weighted by Crippen LogP contribution is 2.36. The number of benzene rings is 2. The van der Waals surface area contributed by atoms with Gasteiger partial charge in [-0.15, -0.1) is 0 Å². The molecule has 0 spiro atoms. The van der Waals surface area contributed by atoms with Crippen LogP contribution in [0.5, 0.6) is 11.5 Å². The van der Waals surface area contributed by atoms with Gasteiger partial charge in [0.1, 0.15) is 11.5 Å². The van der Waals surface area contributed by atoms with Crippen molar-refractivity contribution < 1.29 is 19.0 Å². The number of carbonyl (C=O) groups excluding carboxylic acids is 1. The molecular weight excluding hydrogens is 418 g/mol. The third-order valence-electron chi connectivity index (χ3n) is 5.62. The maximum atomic E-state index is 13.1. The van der Waals surface area contributed by atoms with Crippen LogP contribution in [0, 0.1) is 0 Å². The summed E-state index contributed by atoms with van der Waals surface area (Å²) in [7, 11) is 4.79. The molecule has 8 heteroatoms. The van der Waals surface area contributed by atoms with Crippen LogP contribution >= 0.6 is 11.6 Å². The standard InChI is InChI=1S/C23H26ClN3O4/c1-29-10-9-26-13-16-7-8-27(14-15-5-4-6-19(26)22(15)16)23(28)25-18-11-17(24)20(30-2)12-21(18)31-3/h4-6,11-13H,7-10,14H2,1-3H3,(H,25,28). The van der Waals surface area contributed by atoms with Gasteiger partial charge in [-0.3, -0.25) is 0 Å². The third-order valence-corrected chi connectivity index (χ3v) is 5.92. The second-order valence-electron chi connectivity index (χ2n) is 7.44. The van der Waals surface area contributed by atoms with E-state index in [9.17, 15) is 4.79 Å². The Labute approximate surface area is 186 Å². The number of halogens is 1. The van der Waals surface area contributed by atoms with Crippen LogP contribution in [-0.4, -0.2) is 50.0 Å². The summed E-state index contributed by atoms with van der Waals surface area (Å²) in [5.41, 5.74) is 4.07.